The van der Waals surface area contributed by atoms with Crippen molar-refractivity contribution in [3.63, 3.8) is 0 Å². The maximum absolute atomic E-state index is 12.0. The van der Waals surface area contributed by atoms with E-state index in [9.17, 15) is 4.79 Å². The van der Waals surface area contributed by atoms with Crippen molar-refractivity contribution in [1.29, 1.82) is 0 Å². The summed E-state index contributed by atoms with van der Waals surface area (Å²) in [6, 6.07) is 1.74. The Kier molecular flexibility index (Phi) is 3.59. The lowest BCUT2D eigenvalue weighted by molar-refractivity contribution is -0.126. The molecule has 1 fully saturated rings. The number of nitrogen functional groups attached to an aromatic ring is 1. The van der Waals surface area contributed by atoms with E-state index < -0.39 is 5.54 Å². The molecular weight excluding hydrogens is 242 g/mol. The van der Waals surface area contributed by atoms with Crippen LogP contribution >= 0.6 is 0 Å². The first-order chi connectivity index (χ1) is 8.95. The number of aromatic nitrogens is 2. The molecule has 3 N–H and O–H groups in total. The number of piperazine rings is 1. The van der Waals surface area contributed by atoms with Gasteiger partial charge in [0.1, 0.15) is 23.0 Å². The van der Waals surface area contributed by atoms with Crippen molar-refractivity contribution >= 4 is 17.5 Å². The van der Waals surface area contributed by atoms with Crippen LogP contribution in [0.15, 0.2) is 6.07 Å². The van der Waals surface area contributed by atoms with Crippen molar-refractivity contribution in [3.8, 4) is 0 Å². The summed E-state index contributed by atoms with van der Waals surface area (Å²) in [6.45, 7) is 7.19. The quantitative estimate of drug-likeness (QED) is 0.839. The van der Waals surface area contributed by atoms with E-state index in [2.05, 4.69) is 22.2 Å². The summed E-state index contributed by atoms with van der Waals surface area (Å²) < 4.78 is 0. The van der Waals surface area contributed by atoms with Gasteiger partial charge in [0, 0.05) is 25.6 Å². The molecule has 0 unspecified atom stereocenters. The highest BCUT2D eigenvalue weighted by atomic mass is 16.2. The first-order valence-electron chi connectivity index (χ1n) is 6.64. The molecule has 19 heavy (non-hydrogen) atoms. The van der Waals surface area contributed by atoms with Crippen molar-refractivity contribution in [1.82, 2.24) is 15.3 Å². The second-order valence-corrected chi connectivity index (χ2v) is 5.28. The predicted molar refractivity (Wildman–Crippen MR) is 74.9 cm³/mol. The lowest BCUT2D eigenvalue weighted by atomic mass is 9.99. The van der Waals surface area contributed by atoms with Crippen molar-refractivity contribution in [2.24, 2.45) is 0 Å². The van der Waals surface area contributed by atoms with E-state index in [-0.39, 0.29) is 5.91 Å². The standard InChI is InChI=1S/C13H21N5O/c1-4-5-10-16-9(14)8-11(17-10)18-7-6-15-12(19)13(18,2)3/h8H,4-7H2,1-3H3,(H,15,19)(H2,14,16,17). The van der Waals surface area contributed by atoms with E-state index in [1.807, 2.05) is 18.7 Å². The second-order valence-electron chi connectivity index (χ2n) is 5.28. The number of carbonyl (C=O) groups is 1. The number of hydrogen-bond acceptors (Lipinski definition) is 5. The Morgan fingerprint density at radius 1 is 1.47 bits per heavy atom. The maximum atomic E-state index is 12.0. The lowest BCUT2D eigenvalue weighted by Gasteiger charge is -2.42. The molecule has 1 saturated heterocycles. The molecule has 0 spiro atoms. The van der Waals surface area contributed by atoms with Gasteiger partial charge in [-0.25, -0.2) is 9.97 Å². The molecule has 6 nitrogen and oxygen atoms in total. The number of carbonyl (C=O) groups excluding carboxylic acids is 1. The molecular formula is C13H21N5O. The number of nitrogens with zero attached hydrogens (tertiary/aromatic N) is 3. The van der Waals surface area contributed by atoms with E-state index in [1.165, 1.54) is 0 Å². The van der Waals surface area contributed by atoms with E-state index in [1.54, 1.807) is 6.07 Å². The van der Waals surface area contributed by atoms with Crippen LogP contribution in [0.3, 0.4) is 0 Å². The minimum Gasteiger partial charge on any atom is -0.384 e. The molecule has 104 valence electrons. The number of amides is 1. The Morgan fingerprint density at radius 3 is 2.89 bits per heavy atom. The Hall–Kier alpha value is -1.85. The molecule has 2 heterocycles. The third kappa shape index (κ3) is 2.62. The zero-order valence-corrected chi connectivity index (χ0v) is 11.7. The summed E-state index contributed by atoms with van der Waals surface area (Å²) >= 11 is 0. The van der Waals surface area contributed by atoms with Crippen molar-refractivity contribution < 1.29 is 4.79 Å². The zero-order valence-electron chi connectivity index (χ0n) is 11.7. The molecule has 1 amide bonds. The number of aryl methyl sites for hydroxylation is 1. The van der Waals surface area contributed by atoms with E-state index in [0.717, 1.165) is 31.0 Å². The normalized spacial score (nSPS) is 18.3. The molecule has 1 aliphatic rings. The summed E-state index contributed by atoms with van der Waals surface area (Å²) in [5.74, 6) is 1.93. The summed E-state index contributed by atoms with van der Waals surface area (Å²) in [4.78, 5) is 22.7. The third-order valence-electron chi connectivity index (χ3n) is 3.38. The van der Waals surface area contributed by atoms with Crippen LogP contribution in [-0.4, -0.2) is 34.5 Å². The van der Waals surface area contributed by atoms with Gasteiger partial charge < -0.3 is 16.0 Å². The zero-order chi connectivity index (χ0) is 14.0. The first-order valence-corrected chi connectivity index (χ1v) is 6.64. The Morgan fingerprint density at radius 2 is 2.21 bits per heavy atom. The molecule has 0 atom stereocenters. The highest BCUT2D eigenvalue weighted by Crippen LogP contribution is 2.25. The van der Waals surface area contributed by atoms with Gasteiger partial charge in [0.25, 0.3) is 0 Å². The number of nitrogens with two attached hydrogens (primary N) is 1. The summed E-state index contributed by atoms with van der Waals surface area (Å²) in [6.07, 6.45) is 1.76. The van der Waals surface area contributed by atoms with Crippen LogP contribution in [0.1, 0.15) is 33.0 Å². The molecule has 0 aliphatic carbocycles. The molecule has 1 aromatic rings. The fraction of sp³-hybridized carbons (Fsp3) is 0.615. The van der Waals surface area contributed by atoms with Crippen LogP contribution < -0.4 is 16.0 Å². The lowest BCUT2D eigenvalue weighted by Crippen LogP contribution is -2.62. The van der Waals surface area contributed by atoms with Crippen LogP contribution in [-0.2, 0) is 11.2 Å². The van der Waals surface area contributed by atoms with Crippen LogP contribution in [0.4, 0.5) is 11.6 Å². The third-order valence-corrected chi connectivity index (χ3v) is 3.38. The molecule has 0 bridgehead atoms. The average Bonchev–Trinajstić information content (AvgIpc) is 2.32. The molecule has 1 aromatic heterocycles. The molecule has 6 heteroatoms. The van der Waals surface area contributed by atoms with Gasteiger partial charge in [-0.3, -0.25) is 4.79 Å². The maximum Gasteiger partial charge on any atom is 0.245 e. The summed E-state index contributed by atoms with van der Waals surface area (Å²) in [7, 11) is 0. The molecule has 0 radical (unpaired) electrons. The number of rotatable bonds is 3. The minimum atomic E-state index is -0.622. The van der Waals surface area contributed by atoms with E-state index in [0.29, 0.717) is 12.4 Å². The highest BCUT2D eigenvalue weighted by molar-refractivity contribution is 5.90. The average molecular weight is 263 g/mol. The molecule has 0 aromatic carbocycles. The first kappa shape index (κ1) is 13.6. The molecule has 2 rings (SSSR count). The van der Waals surface area contributed by atoms with Crippen LogP contribution in [0.5, 0.6) is 0 Å². The minimum absolute atomic E-state index is 0.00738. The number of nitrogens with one attached hydrogen (secondary N) is 1. The number of anilines is 2. The van der Waals surface area contributed by atoms with Gasteiger partial charge in [-0.15, -0.1) is 0 Å². The smallest absolute Gasteiger partial charge is 0.245 e. The predicted octanol–water partition coefficient (Wildman–Crippen LogP) is 0.726. The fourth-order valence-corrected chi connectivity index (χ4v) is 2.28. The van der Waals surface area contributed by atoms with Gasteiger partial charge in [-0.2, -0.15) is 0 Å². The van der Waals surface area contributed by atoms with Crippen molar-refractivity contribution in [2.75, 3.05) is 23.7 Å². The van der Waals surface area contributed by atoms with Crippen molar-refractivity contribution in [2.45, 2.75) is 39.2 Å². The number of hydrogen-bond donors (Lipinski definition) is 2. The van der Waals surface area contributed by atoms with Gasteiger partial charge in [0.15, 0.2) is 0 Å². The van der Waals surface area contributed by atoms with Crippen molar-refractivity contribution in [3.05, 3.63) is 11.9 Å². The Labute approximate surface area is 113 Å². The van der Waals surface area contributed by atoms with Gasteiger partial charge in [0.2, 0.25) is 5.91 Å². The van der Waals surface area contributed by atoms with Gasteiger partial charge >= 0.3 is 0 Å². The topological polar surface area (TPSA) is 84.1 Å². The van der Waals surface area contributed by atoms with Gasteiger partial charge in [-0.05, 0) is 20.3 Å². The van der Waals surface area contributed by atoms with Crippen LogP contribution in [0.2, 0.25) is 0 Å². The Bertz CT molecular complexity index is 486. The summed E-state index contributed by atoms with van der Waals surface area (Å²) in [5.41, 5.74) is 5.22. The van der Waals surface area contributed by atoms with Gasteiger partial charge in [-0.1, -0.05) is 6.92 Å². The summed E-state index contributed by atoms with van der Waals surface area (Å²) in [5, 5.41) is 2.87. The molecule has 0 saturated carbocycles. The van der Waals surface area contributed by atoms with E-state index in [4.69, 9.17) is 5.73 Å². The molecule has 1 aliphatic heterocycles. The van der Waals surface area contributed by atoms with E-state index >= 15 is 0 Å². The van der Waals surface area contributed by atoms with Crippen LogP contribution in [0, 0.1) is 0 Å². The largest absolute Gasteiger partial charge is 0.384 e. The van der Waals surface area contributed by atoms with Gasteiger partial charge in [0.05, 0.1) is 0 Å². The SMILES string of the molecule is CCCc1nc(N)cc(N2CCNC(=O)C2(C)C)n1. The highest BCUT2D eigenvalue weighted by Gasteiger charge is 2.38. The monoisotopic (exact) mass is 263 g/mol. The Balaban J connectivity index is 2.37. The fourth-order valence-electron chi connectivity index (χ4n) is 2.28. The van der Waals surface area contributed by atoms with Crippen LogP contribution in [0.25, 0.3) is 0 Å². The second kappa shape index (κ2) is 5.03.